The Morgan fingerprint density at radius 1 is 1.20 bits per heavy atom. The van der Waals surface area contributed by atoms with Crippen LogP contribution in [0.3, 0.4) is 0 Å². The van der Waals surface area contributed by atoms with Crippen LogP contribution in [0.1, 0.15) is 46.1 Å². The number of amides is 2. The summed E-state index contributed by atoms with van der Waals surface area (Å²) in [4.78, 5) is 24.2. The molecule has 0 saturated heterocycles. The topological polar surface area (TPSA) is 87.7 Å². The van der Waals surface area contributed by atoms with Gasteiger partial charge in [-0.25, -0.2) is 4.79 Å². The fourth-order valence-electron chi connectivity index (χ4n) is 2.24. The van der Waals surface area contributed by atoms with Gasteiger partial charge in [0, 0.05) is 6.54 Å². The van der Waals surface area contributed by atoms with Crippen LogP contribution in [0.15, 0.2) is 30.3 Å². The highest BCUT2D eigenvalue weighted by Gasteiger charge is 2.29. The third kappa shape index (κ3) is 8.54. The molecule has 140 valence electrons. The number of nitrogens with one attached hydrogen (secondary N) is 2. The number of ether oxygens (including phenoxy) is 1. The number of unbranched alkanes of at least 4 members (excludes halogenated alkanes) is 1. The zero-order valence-corrected chi connectivity index (χ0v) is 15.5. The summed E-state index contributed by atoms with van der Waals surface area (Å²) in [6.07, 6.45) is 0.0856. The molecule has 1 aromatic rings. The van der Waals surface area contributed by atoms with Gasteiger partial charge in [0.2, 0.25) is 0 Å². The second kappa shape index (κ2) is 10.0. The van der Waals surface area contributed by atoms with Crippen LogP contribution in [0.25, 0.3) is 0 Å². The summed E-state index contributed by atoms with van der Waals surface area (Å²) in [7, 11) is 0. The molecule has 25 heavy (non-hydrogen) atoms. The SMILES string of the molecule is CCCCNC(=O)C(O)C(Cc1ccccc1)NC(=O)OC(C)(C)C. The molecule has 2 unspecified atom stereocenters. The van der Waals surface area contributed by atoms with E-state index in [0.717, 1.165) is 18.4 Å². The summed E-state index contributed by atoms with van der Waals surface area (Å²) in [5, 5.41) is 15.7. The zero-order chi connectivity index (χ0) is 18.9. The number of carbonyl (C=O) groups is 2. The maximum absolute atomic E-state index is 12.2. The summed E-state index contributed by atoms with van der Waals surface area (Å²) in [6.45, 7) is 7.79. The van der Waals surface area contributed by atoms with Gasteiger partial charge in [0.15, 0.2) is 6.10 Å². The molecule has 0 aliphatic carbocycles. The van der Waals surface area contributed by atoms with Crippen molar-refractivity contribution in [3.05, 3.63) is 35.9 Å². The van der Waals surface area contributed by atoms with Crippen LogP contribution in [-0.4, -0.2) is 41.4 Å². The van der Waals surface area contributed by atoms with Gasteiger partial charge in [0.1, 0.15) is 5.60 Å². The molecule has 0 radical (unpaired) electrons. The number of carbonyl (C=O) groups excluding carboxylic acids is 2. The van der Waals surface area contributed by atoms with E-state index in [1.807, 2.05) is 37.3 Å². The fourth-order valence-corrected chi connectivity index (χ4v) is 2.24. The third-order valence-corrected chi connectivity index (χ3v) is 3.48. The van der Waals surface area contributed by atoms with Crippen molar-refractivity contribution in [2.24, 2.45) is 0 Å². The van der Waals surface area contributed by atoms with E-state index < -0.39 is 29.7 Å². The van der Waals surface area contributed by atoms with Crippen LogP contribution in [0.5, 0.6) is 0 Å². The van der Waals surface area contributed by atoms with Crippen molar-refractivity contribution in [2.75, 3.05) is 6.54 Å². The normalized spacial score (nSPS) is 13.6. The summed E-state index contributed by atoms with van der Waals surface area (Å²) in [5.74, 6) is -0.495. The molecule has 6 heteroatoms. The van der Waals surface area contributed by atoms with E-state index in [4.69, 9.17) is 4.74 Å². The highest BCUT2D eigenvalue weighted by atomic mass is 16.6. The van der Waals surface area contributed by atoms with Crippen LogP contribution in [0.2, 0.25) is 0 Å². The van der Waals surface area contributed by atoms with Gasteiger partial charge in [-0.15, -0.1) is 0 Å². The molecule has 0 heterocycles. The van der Waals surface area contributed by atoms with E-state index in [2.05, 4.69) is 10.6 Å². The van der Waals surface area contributed by atoms with Crippen molar-refractivity contribution < 1.29 is 19.4 Å². The molecule has 6 nitrogen and oxygen atoms in total. The predicted octanol–water partition coefficient (Wildman–Crippen LogP) is 2.40. The maximum Gasteiger partial charge on any atom is 0.407 e. The van der Waals surface area contributed by atoms with Crippen molar-refractivity contribution in [1.29, 1.82) is 0 Å². The Balaban J connectivity index is 2.79. The van der Waals surface area contributed by atoms with Crippen LogP contribution in [0.4, 0.5) is 4.79 Å². The third-order valence-electron chi connectivity index (χ3n) is 3.48. The monoisotopic (exact) mass is 350 g/mol. The Hall–Kier alpha value is -2.08. The molecule has 0 spiro atoms. The molecule has 0 aliphatic heterocycles. The number of benzene rings is 1. The minimum atomic E-state index is -1.36. The maximum atomic E-state index is 12.2. The molecule has 1 rings (SSSR count). The Kier molecular flexibility index (Phi) is 8.41. The van der Waals surface area contributed by atoms with Crippen LogP contribution in [-0.2, 0) is 16.0 Å². The second-order valence-corrected chi connectivity index (χ2v) is 7.03. The van der Waals surface area contributed by atoms with Gasteiger partial charge in [-0.2, -0.15) is 0 Å². The van der Waals surface area contributed by atoms with Crippen molar-refractivity contribution in [3.63, 3.8) is 0 Å². The lowest BCUT2D eigenvalue weighted by Crippen LogP contribution is -2.52. The standard InChI is InChI=1S/C19H30N2O4/c1-5-6-12-20-17(23)16(22)15(13-14-10-8-7-9-11-14)21-18(24)25-19(2,3)4/h7-11,15-16,22H,5-6,12-13H2,1-4H3,(H,20,23)(H,21,24). The number of hydrogen-bond acceptors (Lipinski definition) is 4. The van der Waals surface area contributed by atoms with E-state index in [1.54, 1.807) is 20.8 Å². The number of hydrogen-bond donors (Lipinski definition) is 3. The Labute approximate surface area is 150 Å². The fraction of sp³-hybridized carbons (Fsp3) is 0.579. The number of rotatable bonds is 8. The van der Waals surface area contributed by atoms with E-state index in [0.29, 0.717) is 13.0 Å². The predicted molar refractivity (Wildman–Crippen MR) is 97.2 cm³/mol. The van der Waals surface area contributed by atoms with Crippen molar-refractivity contribution in [2.45, 2.75) is 64.7 Å². The average Bonchev–Trinajstić information content (AvgIpc) is 2.53. The highest BCUT2D eigenvalue weighted by molar-refractivity contribution is 5.82. The first-order valence-electron chi connectivity index (χ1n) is 8.72. The van der Waals surface area contributed by atoms with Crippen LogP contribution >= 0.6 is 0 Å². The van der Waals surface area contributed by atoms with Gasteiger partial charge in [0.05, 0.1) is 6.04 Å². The zero-order valence-electron chi connectivity index (χ0n) is 15.5. The molecular weight excluding hydrogens is 320 g/mol. The molecule has 0 aromatic heterocycles. The Bertz CT molecular complexity index is 540. The van der Waals surface area contributed by atoms with E-state index in [1.165, 1.54) is 0 Å². The lowest BCUT2D eigenvalue weighted by atomic mass is 10.0. The Morgan fingerprint density at radius 2 is 1.84 bits per heavy atom. The quantitative estimate of drug-likeness (QED) is 0.628. The number of alkyl carbamates (subject to hydrolysis) is 1. The second-order valence-electron chi connectivity index (χ2n) is 7.03. The average molecular weight is 350 g/mol. The summed E-state index contributed by atoms with van der Waals surface area (Å²) in [5.41, 5.74) is 0.249. The van der Waals surface area contributed by atoms with Crippen molar-refractivity contribution in [3.8, 4) is 0 Å². The first-order chi connectivity index (χ1) is 11.7. The van der Waals surface area contributed by atoms with Gasteiger partial charge in [-0.3, -0.25) is 4.79 Å². The molecule has 0 bridgehead atoms. The summed E-state index contributed by atoms with van der Waals surface area (Å²) < 4.78 is 5.24. The van der Waals surface area contributed by atoms with Gasteiger partial charge >= 0.3 is 6.09 Å². The van der Waals surface area contributed by atoms with Crippen molar-refractivity contribution in [1.82, 2.24) is 10.6 Å². The lowest BCUT2D eigenvalue weighted by Gasteiger charge is -2.26. The number of aliphatic hydroxyl groups excluding tert-OH is 1. The van der Waals surface area contributed by atoms with Crippen LogP contribution in [0, 0.1) is 0 Å². The molecular formula is C19H30N2O4. The van der Waals surface area contributed by atoms with Gasteiger partial charge in [-0.1, -0.05) is 43.7 Å². The molecule has 0 aliphatic rings. The minimum Gasteiger partial charge on any atom is -0.444 e. The first-order valence-corrected chi connectivity index (χ1v) is 8.72. The molecule has 1 aromatic carbocycles. The smallest absolute Gasteiger partial charge is 0.407 e. The summed E-state index contributed by atoms with van der Waals surface area (Å²) in [6, 6.07) is 8.60. The van der Waals surface area contributed by atoms with E-state index in [9.17, 15) is 14.7 Å². The van der Waals surface area contributed by atoms with Gasteiger partial charge in [-0.05, 0) is 39.2 Å². The van der Waals surface area contributed by atoms with E-state index >= 15 is 0 Å². The van der Waals surface area contributed by atoms with E-state index in [-0.39, 0.29) is 0 Å². The largest absolute Gasteiger partial charge is 0.444 e. The van der Waals surface area contributed by atoms with Crippen molar-refractivity contribution >= 4 is 12.0 Å². The molecule has 2 amide bonds. The minimum absolute atomic E-state index is 0.322. The van der Waals surface area contributed by atoms with Gasteiger partial charge in [0.25, 0.3) is 5.91 Å². The van der Waals surface area contributed by atoms with Crippen LogP contribution < -0.4 is 10.6 Å². The lowest BCUT2D eigenvalue weighted by molar-refractivity contribution is -0.130. The molecule has 2 atom stereocenters. The molecule has 3 N–H and O–H groups in total. The Morgan fingerprint density at radius 3 is 2.40 bits per heavy atom. The summed E-state index contributed by atoms with van der Waals surface area (Å²) >= 11 is 0. The number of aliphatic hydroxyl groups is 1. The molecule has 0 fully saturated rings. The molecule has 0 saturated carbocycles. The highest BCUT2D eigenvalue weighted by Crippen LogP contribution is 2.10. The first kappa shape index (κ1) is 21.0. The van der Waals surface area contributed by atoms with Gasteiger partial charge < -0.3 is 20.5 Å².